The van der Waals surface area contributed by atoms with E-state index in [1.165, 1.54) is 25.7 Å². The molecule has 2 aliphatic carbocycles. The zero-order chi connectivity index (χ0) is 20.2. The van der Waals surface area contributed by atoms with E-state index >= 15 is 0 Å². The SMILES string of the molecule is COC(=O)[C@@H](NC(=O)c1nn(-c2c[n+](=O)cc[nH]2)c2c1C[C@H]1C[C@@H]21)C(C)(C)C. The number of ether oxygens (including phenoxy) is 1. The van der Waals surface area contributed by atoms with Gasteiger partial charge in [-0.2, -0.15) is 5.10 Å². The zero-order valence-electron chi connectivity index (χ0n) is 16.4. The zero-order valence-corrected chi connectivity index (χ0v) is 16.4. The molecule has 148 valence electrons. The van der Waals surface area contributed by atoms with E-state index in [0.717, 1.165) is 24.1 Å². The summed E-state index contributed by atoms with van der Waals surface area (Å²) in [4.78, 5) is 39.9. The largest absolute Gasteiger partial charge is 0.467 e. The molecule has 9 nitrogen and oxygen atoms in total. The van der Waals surface area contributed by atoms with Gasteiger partial charge in [-0.25, -0.2) is 9.48 Å². The Morgan fingerprint density at radius 2 is 2.18 bits per heavy atom. The molecule has 1 saturated carbocycles. The maximum Gasteiger partial charge on any atom is 0.328 e. The molecule has 9 heteroatoms. The molecule has 28 heavy (non-hydrogen) atoms. The van der Waals surface area contributed by atoms with Gasteiger partial charge in [0.15, 0.2) is 5.69 Å². The highest BCUT2D eigenvalue weighted by atomic mass is 16.5. The second kappa shape index (κ2) is 6.29. The van der Waals surface area contributed by atoms with Crippen molar-refractivity contribution in [2.24, 2.45) is 11.3 Å². The predicted molar refractivity (Wildman–Crippen MR) is 98.6 cm³/mol. The van der Waals surface area contributed by atoms with Crippen molar-refractivity contribution in [2.75, 3.05) is 7.11 Å². The number of nitrogens with zero attached hydrogens (tertiary/aromatic N) is 3. The summed E-state index contributed by atoms with van der Waals surface area (Å²) in [5.41, 5.74) is 1.65. The number of H-pyrrole nitrogens is 1. The van der Waals surface area contributed by atoms with Crippen molar-refractivity contribution in [3.05, 3.63) is 40.4 Å². The summed E-state index contributed by atoms with van der Waals surface area (Å²) in [6, 6.07) is -0.797. The second-order valence-corrected chi connectivity index (χ2v) is 8.56. The number of hydrogen-bond acceptors (Lipinski definition) is 5. The number of rotatable bonds is 4. The van der Waals surface area contributed by atoms with Crippen LogP contribution in [0.3, 0.4) is 0 Å². The molecular formula is C19H24N5O4+. The third-order valence-electron chi connectivity index (χ3n) is 5.49. The summed E-state index contributed by atoms with van der Waals surface area (Å²) in [6.07, 6.45) is 6.12. The Morgan fingerprint density at radius 1 is 1.43 bits per heavy atom. The van der Waals surface area contributed by atoms with Gasteiger partial charge in [-0.3, -0.25) is 4.79 Å². The average molecular weight is 386 g/mol. The number of aromatic nitrogens is 4. The van der Waals surface area contributed by atoms with Crippen LogP contribution in [0.4, 0.5) is 0 Å². The molecular weight excluding hydrogens is 362 g/mol. The monoisotopic (exact) mass is 386 g/mol. The molecule has 4 rings (SSSR count). The van der Waals surface area contributed by atoms with Gasteiger partial charge in [-0.15, -0.1) is 0 Å². The lowest BCUT2D eigenvalue weighted by Gasteiger charge is -2.28. The first-order valence-corrected chi connectivity index (χ1v) is 9.32. The summed E-state index contributed by atoms with van der Waals surface area (Å²) in [7, 11) is 1.30. The minimum Gasteiger partial charge on any atom is -0.467 e. The van der Waals surface area contributed by atoms with Crippen LogP contribution in [0, 0.1) is 16.2 Å². The van der Waals surface area contributed by atoms with Crippen molar-refractivity contribution in [1.82, 2.24) is 20.1 Å². The van der Waals surface area contributed by atoms with Gasteiger partial charge in [0, 0.05) is 16.4 Å². The van der Waals surface area contributed by atoms with Crippen LogP contribution in [0.1, 0.15) is 54.9 Å². The lowest BCUT2D eigenvalue weighted by Crippen LogP contribution is -2.49. The van der Waals surface area contributed by atoms with Crippen LogP contribution in [0.25, 0.3) is 5.82 Å². The van der Waals surface area contributed by atoms with E-state index in [-0.39, 0.29) is 0 Å². The number of aromatic amines is 1. The van der Waals surface area contributed by atoms with E-state index in [2.05, 4.69) is 15.4 Å². The normalized spacial score (nSPS) is 20.9. The minimum atomic E-state index is -0.797. The summed E-state index contributed by atoms with van der Waals surface area (Å²) < 4.78 is 7.20. The molecule has 0 saturated heterocycles. The van der Waals surface area contributed by atoms with Crippen molar-refractivity contribution >= 4 is 11.9 Å². The number of methoxy groups -OCH3 is 1. The number of hydrogen-bond donors (Lipinski definition) is 2. The van der Waals surface area contributed by atoms with Crippen LogP contribution in [0.15, 0.2) is 18.6 Å². The molecule has 0 aromatic carbocycles. The first kappa shape index (κ1) is 18.4. The van der Waals surface area contributed by atoms with E-state index in [1.807, 2.05) is 20.8 Å². The highest BCUT2D eigenvalue weighted by molar-refractivity contribution is 5.97. The van der Waals surface area contributed by atoms with Crippen LogP contribution in [0.2, 0.25) is 0 Å². The Kier molecular flexibility index (Phi) is 4.13. The molecule has 0 radical (unpaired) electrons. The molecule has 1 amide bonds. The minimum absolute atomic E-state index is 0.301. The Bertz CT molecular complexity index is 1020. The number of carbonyl (C=O) groups is 2. The lowest BCUT2D eigenvalue weighted by molar-refractivity contribution is -0.495. The maximum atomic E-state index is 13.0. The van der Waals surface area contributed by atoms with Gasteiger partial charge in [0.1, 0.15) is 6.04 Å². The Morgan fingerprint density at radius 3 is 2.82 bits per heavy atom. The van der Waals surface area contributed by atoms with Gasteiger partial charge >= 0.3 is 5.97 Å². The van der Waals surface area contributed by atoms with E-state index < -0.39 is 23.3 Å². The molecule has 0 unspecified atom stereocenters. The quantitative estimate of drug-likeness (QED) is 0.603. The van der Waals surface area contributed by atoms with Crippen molar-refractivity contribution < 1.29 is 18.8 Å². The molecule has 1 fully saturated rings. The van der Waals surface area contributed by atoms with Gasteiger partial charge in [0.05, 0.1) is 23.4 Å². The third-order valence-corrected chi connectivity index (χ3v) is 5.49. The van der Waals surface area contributed by atoms with Crippen molar-refractivity contribution in [3.63, 3.8) is 0 Å². The summed E-state index contributed by atoms with van der Waals surface area (Å²) in [5.74, 6) is 0.474. The van der Waals surface area contributed by atoms with Crippen molar-refractivity contribution in [1.29, 1.82) is 0 Å². The van der Waals surface area contributed by atoms with Crippen LogP contribution in [0.5, 0.6) is 0 Å². The van der Waals surface area contributed by atoms with Gasteiger partial charge < -0.3 is 15.0 Å². The Balaban J connectivity index is 1.72. The molecule has 2 aromatic heterocycles. The second-order valence-electron chi connectivity index (χ2n) is 8.56. The van der Waals surface area contributed by atoms with Gasteiger partial charge in [-0.05, 0) is 24.2 Å². The van der Waals surface area contributed by atoms with Crippen LogP contribution in [-0.4, -0.2) is 39.8 Å². The molecule has 2 N–H and O–H groups in total. The third kappa shape index (κ3) is 3.00. The molecule has 2 aliphatic rings. The predicted octanol–water partition coefficient (Wildman–Crippen LogP) is 1.09. The molecule has 3 atom stereocenters. The van der Waals surface area contributed by atoms with E-state index in [1.54, 1.807) is 4.68 Å². The highest BCUT2D eigenvalue weighted by Crippen LogP contribution is 2.57. The fourth-order valence-electron chi connectivity index (χ4n) is 3.94. The van der Waals surface area contributed by atoms with Crippen LogP contribution < -0.4 is 9.74 Å². The smallest absolute Gasteiger partial charge is 0.328 e. The number of carbonyl (C=O) groups excluding carboxylic acids is 2. The summed E-state index contributed by atoms with van der Waals surface area (Å²) >= 11 is 0. The number of esters is 1. The molecule has 0 spiro atoms. The Labute approximate surface area is 161 Å². The van der Waals surface area contributed by atoms with Gasteiger partial charge in [0.25, 0.3) is 12.1 Å². The number of fused-ring (bicyclic) bond motifs is 3. The first-order valence-electron chi connectivity index (χ1n) is 9.32. The summed E-state index contributed by atoms with van der Waals surface area (Å²) in [6.45, 7) is 5.58. The Hall–Kier alpha value is -2.97. The summed E-state index contributed by atoms with van der Waals surface area (Å²) in [5, 5.41) is 7.30. The molecule has 2 aromatic rings. The average Bonchev–Trinajstić information content (AvgIpc) is 3.13. The van der Waals surface area contributed by atoms with Gasteiger partial charge in [0.2, 0.25) is 12.0 Å². The maximum absolute atomic E-state index is 13.0. The number of nitrogens with one attached hydrogen (secondary N) is 2. The first-order chi connectivity index (χ1) is 13.2. The lowest BCUT2D eigenvalue weighted by atomic mass is 9.86. The fourth-order valence-corrected chi connectivity index (χ4v) is 3.94. The fraction of sp³-hybridized carbons (Fsp3) is 0.526. The highest BCUT2D eigenvalue weighted by Gasteiger charge is 2.50. The topological polar surface area (TPSA) is 112 Å². The molecule has 2 heterocycles. The standard InChI is InChI=1S/C19H23N5O4/c1-19(2,3)16(18(26)28-4)21-17(25)14-12-8-10-7-11(10)15(12)24(22-14)13-9-23(27)6-5-20-13/h5-6,9-11,16H,7-8H2,1-4H3,(H-,20,21,25,27)/p+1/t10-,11-,16-/m1/s1. The van der Waals surface area contributed by atoms with E-state index in [4.69, 9.17) is 4.74 Å². The molecule has 0 bridgehead atoms. The molecule has 0 aliphatic heterocycles. The van der Waals surface area contributed by atoms with Crippen molar-refractivity contribution in [3.8, 4) is 5.82 Å². The van der Waals surface area contributed by atoms with Gasteiger partial charge in [-0.1, -0.05) is 20.8 Å². The van der Waals surface area contributed by atoms with Crippen LogP contribution >= 0.6 is 0 Å². The van der Waals surface area contributed by atoms with E-state index in [9.17, 15) is 14.5 Å². The van der Waals surface area contributed by atoms with Crippen molar-refractivity contribution in [2.45, 2.75) is 45.6 Å². The number of amides is 1. The van der Waals surface area contributed by atoms with Crippen LogP contribution in [-0.2, 0) is 16.0 Å². The van der Waals surface area contributed by atoms with E-state index in [0.29, 0.717) is 27.8 Å².